The Labute approximate surface area is 149 Å². The Balaban J connectivity index is 1.48. The van der Waals surface area contributed by atoms with Crippen molar-refractivity contribution in [1.29, 1.82) is 0 Å². The molecule has 0 amide bonds. The van der Waals surface area contributed by atoms with Crippen LogP contribution in [-0.4, -0.2) is 50.8 Å². The summed E-state index contributed by atoms with van der Waals surface area (Å²) < 4.78 is 2.24. The molecule has 25 heavy (non-hydrogen) atoms. The summed E-state index contributed by atoms with van der Waals surface area (Å²) in [6.45, 7) is 7.50. The van der Waals surface area contributed by atoms with Gasteiger partial charge in [0.2, 0.25) is 0 Å². The Morgan fingerprint density at radius 2 is 1.96 bits per heavy atom. The highest BCUT2D eigenvalue weighted by Crippen LogP contribution is 2.29. The van der Waals surface area contributed by atoms with Crippen molar-refractivity contribution in [2.24, 2.45) is 7.05 Å². The summed E-state index contributed by atoms with van der Waals surface area (Å²) in [5.74, 6) is 2.70. The molecule has 2 aliphatic heterocycles. The quantitative estimate of drug-likeness (QED) is 0.856. The Kier molecular flexibility index (Phi) is 4.70. The lowest BCUT2D eigenvalue weighted by molar-refractivity contribution is 0.317. The minimum absolute atomic E-state index is 0.451. The molecule has 6 nitrogen and oxygen atoms in total. The second kappa shape index (κ2) is 7.12. The summed E-state index contributed by atoms with van der Waals surface area (Å²) in [6, 6.07) is 4.29. The molecule has 0 aliphatic carbocycles. The fourth-order valence-corrected chi connectivity index (χ4v) is 4.16. The van der Waals surface area contributed by atoms with Crippen LogP contribution in [0.25, 0.3) is 0 Å². The van der Waals surface area contributed by atoms with Crippen LogP contribution in [0.3, 0.4) is 0 Å². The van der Waals surface area contributed by atoms with Crippen molar-refractivity contribution in [2.75, 3.05) is 31.1 Å². The van der Waals surface area contributed by atoms with E-state index in [0.717, 1.165) is 37.0 Å². The minimum atomic E-state index is 0.451. The van der Waals surface area contributed by atoms with E-state index in [1.165, 1.54) is 44.5 Å². The fourth-order valence-electron chi connectivity index (χ4n) is 4.16. The first-order valence-corrected chi connectivity index (χ1v) is 9.49. The van der Waals surface area contributed by atoms with Gasteiger partial charge < -0.3 is 9.47 Å². The van der Waals surface area contributed by atoms with E-state index >= 15 is 0 Å². The van der Waals surface area contributed by atoms with Gasteiger partial charge in [-0.05, 0) is 57.8 Å². The van der Waals surface area contributed by atoms with E-state index in [1.54, 1.807) is 0 Å². The number of aromatic nitrogens is 4. The van der Waals surface area contributed by atoms with Gasteiger partial charge in [0.15, 0.2) is 0 Å². The van der Waals surface area contributed by atoms with Gasteiger partial charge in [-0.15, -0.1) is 10.2 Å². The number of nitrogens with zero attached hydrogens (tertiary/aromatic N) is 6. The highest BCUT2D eigenvalue weighted by Gasteiger charge is 2.27. The number of pyridine rings is 1. The summed E-state index contributed by atoms with van der Waals surface area (Å²) in [6.07, 6.45) is 6.92. The average Bonchev–Trinajstić information content (AvgIpc) is 3.26. The second-order valence-electron chi connectivity index (χ2n) is 7.46. The average molecular weight is 340 g/mol. The van der Waals surface area contributed by atoms with Gasteiger partial charge in [-0.1, -0.05) is 0 Å². The minimum Gasteiger partial charge on any atom is -0.371 e. The van der Waals surface area contributed by atoms with Crippen molar-refractivity contribution in [3.63, 3.8) is 0 Å². The van der Waals surface area contributed by atoms with Crippen LogP contribution < -0.4 is 4.90 Å². The van der Waals surface area contributed by atoms with Gasteiger partial charge in [0.05, 0.1) is 6.54 Å². The molecule has 2 aromatic rings. The highest BCUT2D eigenvalue weighted by atomic mass is 15.3. The molecule has 0 radical (unpaired) electrons. The van der Waals surface area contributed by atoms with Crippen molar-refractivity contribution in [1.82, 2.24) is 24.6 Å². The molecule has 0 bridgehead atoms. The normalized spacial score (nSPS) is 21.8. The van der Waals surface area contributed by atoms with E-state index in [-0.39, 0.29) is 0 Å². The largest absolute Gasteiger partial charge is 0.371 e. The molecule has 0 spiro atoms. The van der Waals surface area contributed by atoms with Crippen molar-refractivity contribution in [3.8, 4) is 0 Å². The smallest absolute Gasteiger partial charge is 0.146 e. The molecule has 0 saturated carbocycles. The van der Waals surface area contributed by atoms with Crippen molar-refractivity contribution in [2.45, 2.75) is 45.1 Å². The number of aryl methyl sites for hydroxylation is 1. The topological polar surface area (TPSA) is 50.1 Å². The van der Waals surface area contributed by atoms with E-state index in [1.807, 2.05) is 6.20 Å². The van der Waals surface area contributed by atoms with E-state index in [9.17, 15) is 0 Å². The van der Waals surface area contributed by atoms with Gasteiger partial charge in [-0.25, -0.2) is 0 Å². The van der Waals surface area contributed by atoms with E-state index in [4.69, 9.17) is 0 Å². The number of rotatable bonds is 4. The van der Waals surface area contributed by atoms with Crippen LogP contribution in [-0.2, 0) is 13.6 Å². The van der Waals surface area contributed by atoms with Gasteiger partial charge in [0, 0.05) is 43.6 Å². The maximum Gasteiger partial charge on any atom is 0.146 e. The number of piperidine rings is 1. The number of hydrogen-bond acceptors (Lipinski definition) is 5. The molecular formula is C19H28N6. The third kappa shape index (κ3) is 3.54. The van der Waals surface area contributed by atoms with Gasteiger partial charge in [0.1, 0.15) is 11.6 Å². The highest BCUT2D eigenvalue weighted by molar-refractivity contribution is 5.47. The second-order valence-corrected chi connectivity index (χ2v) is 7.46. The van der Waals surface area contributed by atoms with Crippen LogP contribution in [0.5, 0.6) is 0 Å². The molecule has 2 aromatic heterocycles. The molecular weight excluding hydrogens is 312 g/mol. The lowest BCUT2D eigenvalue weighted by Crippen LogP contribution is -2.35. The first-order chi connectivity index (χ1) is 12.2. The first kappa shape index (κ1) is 16.5. The third-order valence-electron chi connectivity index (χ3n) is 5.59. The molecule has 6 heteroatoms. The molecule has 1 unspecified atom stereocenters. The standard InChI is InChI=1S/C19H28N6/c1-15-12-17(7-8-20-15)25-11-5-6-16(13-25)19-22-21-18(23(19)2)14-24-9-3-4-10-24/h7-8,12,16H,3-6,9-11,13-14H2,1-2H3. The molecule has 4 rings (SSSR count). The Hall–Kier alpha value is -1.95. The predicted octanol–water partition coefficient (Wildman–Crippen LogP) is 2.50. The lowest BCUT2D eigenvalue weighted by Gasteiger charge is -2.34. The Morgan fingerprint density at radius 3 is 2.76 bits per heavy atom. The molecule has 0 N–H and O–H groups in total. The zero-order chi connectivity index (χ0) is 17.2. The van der Waals surface area contributed by atoms with Crippen LogP contribution in [0.4, 0.5) is 5.69 Å². The van der Waals surface area contributed by atoms with Gasteiger partial charge in [-0.2, -0.15) is 0 Å². The molecule has 2 saturated heterocycles. The van der Waals surface area contributed by atoms with Gasteiger partial charge in [-0.3, -0.25) is 9.88 Å². The van der Waals surface area contributed by atoms with E-state index in [0.29, 0.717) is 5.92 Å². The maximum atomic E-state index is 4.57. The zero-order valence-electron chi connectivity index (χ0n) is 15.4. The van der Waals surface area contributed by atoms with Gasteiger partial charge in [0.25, 0.3) is 0 Å². The molecule has 2 fully saturated rings. The third-order valence-corrected chi connectivity index (χ3v) is 5.59. The monoisotopic (exact) mass is 340 g/mol. The maximum absolute atomic E-state index is 4.57. The molecule has 2 aliphatic rings. The van der Waals surface area contributed by atoms with Gasteiger partial charge >= 0.3 is 0 Å². The van der Waals surface area contributed by atoms with E-state index < -0.39 is 0 Å². The number of likely N-dealkylation sites (tertiary alicyclic amines) is 1. The van der Waals surface area contributed by atoms with Crippen molar-refractivity contribution < 1.29 is 0 Å². The number of hydrogen-bond donors (Lipinski definition) is 0. The van der Waals surface area contributed by atoms with Crippen LogP contribution in [0.2, 0.25) is 0 Å². The Bertz CT molecular complexity index is 718. The SMILES string of the molecule is Cc1cc(N2CCCC(c3nnc(CN4CCCC4)n3C)C2)ccn1. The summed E-state index contributed by atoms with van der Waals surface area (Å²) in [7, 11) is 2.14. The summed E-state index contributed by atoms with van der Waals surface area (Å²) in [4.78, 5) is 9.28. The fraction of sp³-hybridized carbons (Fsp3) is 0.632. The molecule has 4 heterocycles. The van der Waals surface area contributed by atoms with Crippen LogP contribution in [0, 0.1) is 6.92 Å². The van der Waals surface area contributed by atoms with Crippen LogP contribution in [0.1, 0.15) is 48.9 Å². The summed E-state index contributed by atoms with van der Waals surface area (Å²) in [5.41, 5.74) is 2.35. The summed E-state index contributed by atoms with van der Waals surface area (Å²) >= 11 is 0. The first-order valence-electron chi connectivity index (χ1n) is 9.49. The predicted molar refractivity (Wildman–Crippen MR) is 98.7 cm³/mol. The number of anilines is 1. The van der Waals surface area contributed by atoms with E-state index in [2.05, 4.69) is 55.7 Å². The van der Waals surface area contributed by atoms with Crippen LogP contribution in [0.15, 0.2) is 18.3 Å². The molecule has 1 atom stereocenters. The Morgan fingerprint density at radius 1 is 1.12 bits per heavy atom. The van der Waals surface area contributed by atoms with Crippen LogP contribution >= 0.6 is 0 Å². The molecule has 134 valence electrons. The summed E-state index contributed by atoms with van der Waals surface area (Å²) in [5, 5.41) is 9.08. The molecule has 0 aromatic carbocycles. The lowest BCUT2D eigenvalue weighted by atomic mass is 9.96. The van der Waals surface area contributed by atoms with Crippen molar-refractivity contribution in [3.05, 3.63) is 35.7 Å². The zero-order valence-corrected chi connectivity index (χ0v) is 15.4. The van der Waals surface area contributed by atoms with Crippen molar-refractivity contribution >= 4 is 5.69 Å².